The third-order valence-corrected chi connectivity index (χ3v) is 9.84. The molecule has 48 heavy (non-hydrogen) atoms. The molecule has 4 aromatic rings. The molecular formula is C32H40F3N9O3S. The predicted octanol–water partition coefficient (Wildman–Crippen LogP) is 5.77. The van der Waals surface area contributed by atoms with Gasteiger partial charge in [-0.05, 0) is 78.0 Å². The lowest BCUT2D eigenvalue weighted by molar-refractivity contribution is -0.137. The fourth-order valence-electron chi connectivity index (χ4n) is 6.36. The summed E-state index contributed by atoms with van der Waals surface area (Å²) in [7, 11) is 0. The van der Waals surface area contributed by atoms with Gasteiger partial charge in [0.25, 0.3) is 0 Å². The molecule has 6 rings (SSSR count). The molecule has 1 atom stereocenters. The monoisotopic (exact) mass is 687 g/mol. The molecule has 1 N–H and O–H groups in total. The number of aromatic nitrogens is 6. The summed E-state index contributed by atoms with van der Waals surface area (Å²) in [6, 6.07) is 5.58. The summed E-state index contributed by atoms with van der Waals surface area (Å²) in [5, 5.41) is 3.69. The molecule has 0 bridgehead atoms. The van der Waals surface area contributed by atoms with Gasteiger partial charge < -0.3 is 24.4 Å². The van der Waals surface area contributed by atoms with Crippen LogP contribution in [0.5, 0.6) is 0 Å². The first kappa shape index (κ1) is 33.7. The van der Waals surface area contributed by atoms with Crippen molar-refractivity contribution in [2.75, 3.05) is 37.6 Å². The average Bonchev–Trinajstić information content (AvgIpc) is 3.72. The van der Waals surface area contributed by atoms with Gasteiger partial charge in [-0.15, -0.1) is 0 Å². The Bertz CT molecular complexity index is 1820. The van der Waals surface area contributed by atoms with Crippen molar-refractivity contribution in [3.63, 3.8) is 0 Å². The maximum Gasteiger partial charge on any atom is 0.443 e. The Balaban J connectivity index is 1.19. The molecule has 3 aromatic heterocycles. The lowest BCUT2D eigenvalue weighted by Gasteiger charge is -2.40. The van der Waals surface area contributed by atoms with Crippen molar-refractivity contribution < 1.29 is 27.5 Å². The lowest BCUT2D eigenvalue weighted by atomic mass is 9.89. The van der Waals surface area contributed by atoms with Crippen LogP contribution in [0.3, 0.4) is 0 Å². The van der Waals surface area contributed by atoms with Crippen LogP contribution in [0.15, 0.2) is 18.2 Å². The van der Waals surface area contributed by atoms with Crippen molar-refractivity contribution in [3.05, 3.63) is 40.4 Å². The van der Waals surface area contributed by atoms with E-state index < -0.39 is 16.8 Å². The normalized spacial score (nSPS) is 18.2. The first-order valence-electron chi connectivity index (χ1n) is 16.0. The number of carbonyl (C=O) groups excluding carboxylic acids is 2. The maximum atomic E-state index is 14.0. The summed E-state index contributed by atoms with van der Waals surface area (Å²) in [5.74, 6) is 1.57. The number of thiazole rings is 1. The summed E-state index contributed by atoms with van der Waals surface area (Å²) in [5.41, 5.74) is 1.97. The number of piperazine rings is 1. The number of hydrogen-bond acceptors (Lipinski definition) is 9. The predicted molar refractivity (Wildman–Crippen MR) is 175 cm³/mol. The Morgan fingerprint density at radius 3 is 2.40 bits per heavy atom. The largest absolute Gasteiger partial charge is 0.444 e. The minimum Gasteiger partial charge on any atom is -0.444 e. The molecule has 2 amide bonds. The van der Waals surface area contributed by atoms with Crippen LogP contribution in [0.1, 0.15) is 68.7 Å². The van der Waals surface area contributed by atoms with Crippen LogP contribution >= 0.6 is 11.3 Å². The van der Waals surface area contributed by atoms with Crippen molar-refractivity contribution in [1.82, 2.24) is 39.5 Å². The number of ether oxygens (including phenoxy) is 1. The van der Waals surface area contributed by atoms with E-state index in [0.717, 1.165) is 18.4 Å². The summed E-state index contributed by atoms with van der Waals surface area (Å²) >= 11 is 0.590. The molecule has 0 radical (unpaired) electrons. The van der Waals surface area contributed by atoms with Crippen LogP contribution in [-0.2, 0) is 22.3 Å². The van der Waals surface area contributed by atoms with Gasteiger partial charge in [0.05, 0.1) is 11.0 Å². The minimum absolute atomic E-state index is 0.0465. The number of likely N-dealkylation sites (tertiary alicyclic amines) is 1. The summed E-state index contributed by atoms with van der Waals surface area (Å²) < 4.78 is 49.0. The van der Waals surface area contributed by atoms with Crippen molar-refractivity contribution >= 4 is 39.4 Å². The highest BCUT2D eigenvalue weighted by Gasteiger charge is 2.39. The number of H-pyrrole nitrogens is 1. The van der Waals surface area contributed by atoms with Crippen LogP contribution in [0.25, 0.3) is 22.6 Å². The number of benzene rings is 1. The number of imidazole rings is 1. The highest BCUT2D eigenvalue weighted by atomic mass is 32.1. The fourth-order valence-corrected chi connectivity index (χ4v) is 7.33. The maximum absolute atomic E-state index is 14.0. The Labute approximate surface area is 280 Å². The molecule has 2 fully saturated rings. The van der Waals surface area contributed by atoms with E-state index in [1.165, 1.54) is 0 Å². The van der Waals surface area contributed by atoms with Gasteiger partial charge in [0.15, 0.2) is 5.82 Å². The van der Waals surface area contributed by atoms with Crippen molar-refractivity contribution in [1.29, 1.82) is 0 Å². The van der Waals surface area contributed by atoms with Gasteiger partial charge in [0.1, 0.15) is 34.5 Å². The number of halogens is 3. The van der Waals surface area contributed by atoms with Crippen LogP contribution in [0.4, 0.5) is 23.0 Å². The number of nitrogens with zero attached hydrogens (tertiary/aromatic N) is 8. The van der Waals surface area contributed by atoms with Crippen molar-refractivity contribution in [3.8, 4) is 11.5 Å². The Hall–Kier alpha value is -4.21. The van der Waals surface area contributed by atoms with Crippen LogP contribution < -0.4 is 4.90 Å². The second-order valence-corrected chi connectivity index (χ2v) is 14.5. The SMILES string of the molecule is Cc1nc(C)n(CC(=O)N2CCN(c3sc(C(F)(F)F)nc3-c3nc4ccc(C5CCN(C(=O)OC(C)(C)C)CC5)cc4[nH]3)C[C@H]2C)n1. The smallest absolute Gasteiger partial charge is 0.443 e. The molecule has 16 heteroatoms. The molecule has 2 aliphatic heterocycles. The zero-order valence-electron chi connectivity index (χ0n) is 27.9. The number of fused-ring (bicyclic) bond motifs is 1. The number of piperidine rings is 1. The minimum atomic E-state index is -4.62. The van der Waals surface area contributed by atoms with Crippen LogP contribution in [0.2, 0.25) is 0 Å². The quantitative estimate of drug-likeness (QED) is 0.281. The van der Waals surface area contributed by atoms with E-state index in [-0.39, 0.29) is 42.0 Å². The summed E-state index contributed by atoms with van der Waals surface area (Å²) in [6.07, 6.45) is -3.41. The number of carbonyl (C=O) groups is 2. The molecule has 12 nitrogen and oxygen atoms in total. The van der Waals surface area contributed by atoms with Crippen LogP contribution in [0, 0.1) is 13.8 Å². The Morgan fingerprint density at radius 1 is 1.04 bits per heavy atom. The third-order valence-electron chi connectivity index (χ3n) is 8.68. The molecule has 258 valence electrons. The average molecular weight is 688 g/mol. The summed E-state index contributed by atoms with van der Waals surface area (Å²) in [6.45, 7) is 13.2. The molecule has 0 unspecified atom stereocenters. The Morgan fingerprint density at radius 2 is 1.77 bits per heavy atom. The molecule has 0 spiro atoms. The second kappa shape index (κ2) is 12.7. The van der Waals surface area contributed by atoms with E-state index >= 15 is 0 Å². The number of rotatable bonds is 5. The van der Waals surface area contributed by atoms with E-state index in [4.69, 9.17) is 4.74 Å². The highest BCUT2D eigenvalue weighted by molar-refractivity contribution is 7.16. The molecule has 2 aliphatic rings. The summed E-state index contributed by atoms with van der Waals surface area (Å²) in [4.78, 5) is 47.2. The second-order valence-electron chi connectivity index (χ2n) is 13.5. The fraction of sp³-hybridized carbons (Fsp3) is 0.562. The van der Waals surface area contributed by atoms with Crippen molar-refractivity contribution in [2.45, 2.75) is 84.7 Å². The van der Waals surface area contributed by atoms with Gasteiger partial charge in [-0.25, -0.2) is 24.4 Å². The first-order valence-corrected chi connectivity index (χ1v) is 16.9. The number of anilines is 1. The molecule has 2 saturated heterocycles. The van der Waals surface area contributed by atoms with Gasteiger partial charge in [0.2, 0.25) is 10.9 Å². The number of aromatic amines is 1. The number of nitrogens with one attached hydrogen (secondary N) is 1. The van der Waals surface area contributed by atoms with E-state index in [1.54, 1.807) is 28.3 Å². The molecular weight excluding hydrogens is 647 g/mol. The van der Waals surface area contributed by atoms with E-state index in [1.807, 2.05) is 50.8 Å². The van der Waals surface area contributed by atoms with Gasteiger partial charge >= 0.3 is 12.3 Å². The molecule has 0 aliphatic carbocycles. The standard InChI is InChI=1S/C32H40F3N9O3S/c1-18-16-42(13-14-43(18)25(45)17-44-20(3)36-19(2)40-44)28-26(39-29(48-28)32(33,34)35)27-37-23-8-7-22(15-24(23)38-27)21-9-11-41(12-10-21)30(46)47-31(4,5)6/h7-8,15,18,21H,9-14,16-17H2,1-6H3,(H,37,38)/t18-/m1/s1. The molecule has 1 aromatic carbocycles. The number of aryl methyl sites for hydroxylation is 2. The lowest BCUT2D eigenvalue weighted by Crippen LogP contribution is -2.54. The van der Waals surface area contributed by atoms with Crippen molar-refractivity contribution in [2.24, 2.45) is 0 Å². The number of alkyl halides is 3. The topological polar surface area (TPSA) is 125 Å². The number of hydrogen-bond donors (Lipinski definition) is 1. The van der Waals surface area contributed by atoms with Gasteiger partial charge in [0, 0.05) is 38.8 Å². The third kappa shape index (κ3) is 7.12. The first-order chi connectivity index (χ1) is 22.6. The van der Waals surface area contributed by atoms with E-state index in [2.05, 4.69) is 25.0 Å². The van der Waals surface area contributed by atoms with Gasteiger partial charge in [-0.3, -0.25) is 4.79 Å². The zero-order chi connectivity index (χ0) is 34.5. The Kier molecular flexibility index (Phi) is 8.89. The molecule has 0 saturated carbocycles. The zero-order valence-corrected chi connectivity index (χ0v) is 28.7. The molecule has 5 heterocycles. The van der Waals surface area contributed by atoms with Gasteiger partial charge in [-0.2, -0.15) is 18.3 Å². The van der Waals surface area contributed by atoms with E-state index in [9.17, 15) is 22.8 Å². The van der Waals surface area contributed by atoms with E-state index in [0.29, 0.717) is 71.7 Å². The van der Waals surface area contributed by atoms with Crippen LogP contribution in [-0.4, -0.2) is 95.9 Å². The van der Waals surface area contributed by atoms with Gasteiger partial charge in [-0.1, -0.05) is 17.4 Å². The highest BCUT2D eigenvalue weighted by Crippen LogP contribution is 2.43. The number of amides is 2.